The Balaban J connectivity index is 2.20. The van der Waals surface area contributed by atoms with Crippen LogP contribution in [0.4, 0.5) is 0 Å². The van der Waals surface area contributed by atoms with E-state index in [-0.39, 0.29) is 5.56 Å². The third-order valence-electron chi connectivity index (χ3n) is 2.66. The number of imidazole rings is 1. The highest BCUT2D eigenvalue weighted by Gasteiger charge is 2.07. The van der Waals surface area contributed by atoms with Crippen molar-refractivity contribution in [3.8, 4) is 11.4 Å². The molecule has 2 rings (SSSR count). The molecule has 0 atom stereocenters. The van der Waals surface area contributed by atoms with E-state index >= 15 is 0 Å². The van der Waals surface area contributed by atoms with Crippen LogP contribution in [0.3, 0.4) is 0 Å². The Morgan fingerprint density at radius 2 is 2.00 bits per heavy atom. The van der Waals surface area contributed by atoms with Crippen molar-refractivity contribution in [1.82, 2.24) is 9.97 Å². The lowest BCUT2D eigenvalue weighted by atomic mass is 10.1. The zero-order valence-corrected chi connectivity index (χ0v) is 10.5. The number of aromatic amines is 1. The summed E-state index contributed by atoms with van der Waals surface area (Å²) in [5, 5.41) is 8.83. The predicted molar refractivity (Wildman–Crippen MR) is 69.5 cm³/mol. The van der Waals surface area contributed by atoms with Crippen molar-refractivity contribution >= 4 is 5.97 Å². The Hall–Kier alpha value is -2.10. The molecule has 0 saturated carbocycles. The molecule has 2 aromatic rings. The molecule has 94 valence electrons. The van der Waals surface area contributed by atoms with Crippen LogP contribution >= 0.6 is 0 Å². The smallest absolute Gasteiger partial charge is 0.335 e. The van der Waals surface area contributed by atoms with E-state index in [1.807, 2.05) is 6.20 Å². The zero-order chi connectivity index (χ0) is 13.1. The molecule has 1 aromatic heterocycles. The molecule has 0 radical (unpaired) electrons. The van der Waals surface area contributed by atoms with E-state index in [0.717, 1.165) is 23.5 Å². The molecule has 2 N–H and O–H groups in total. The maximum atomic E-state index is 10.8. The van der Waals surface area contributed by atoms with Crippen LogP contribution in [-0.4, -0.2) is 21.0 Å². The van der Waals surface area contributed by atoms with Gasteiger partial charge in [-0.25, -0.2) is 9.78 Å². The van der Waals surface area contributed by atoms with Crippen LogP contribution in [0, 0.1) is 5.92 Å². The van der Waals surface area contributed by atoms with Gasteiger partial charge in [0.1, 0.15) is 5.82 Å². The van der Waals surface area contributed by atoms with E-state index in [4.69, 9.17) is 5.11 Å². The Morgan fingerprint density at radius 3 is 2.56 bits per heavy atom. The minimum Gasteiger partial charge on any atom is -0.478 e. The number of nitrogens with zero attached hydrogens (tertiary/aromatic N) is 1. The van der Waals surface area contributed by atoms with E-state index in [1.165, 1.54) is 0 Å². The predicted octanol–water partition coefficient (Wildman–Crippen LogP) is 2.97. The molecule has 0 fully saturated rings. The van der Waals surface area contributed by atoms with E-state index < -0.39 is 5.97 Å². The molecule has 1 heterocycles. The Kier molecular flexibility index (Phi) is 3.46. The number of aromatic carboxylic acids is 1. The standard InChI is InChI=1S/C14H16N2O2/c1-9(2)7-12-8-15-13(16-12)10-3-5-11(6-4-10)14(17)18/h3-6,8-9H,7H2,1-2H3,(H,15,16)(H,17,18). The lowest BCUT2D eigenvalue weighted by molar-refractivity contribution is 0.0697. The van der Waals surface area contributed by atoms with Crippen molar-refractivity contribution in [2.24, 2.45) is 5.92 Å². The Labute approximate surface area is 106 Å². The SMILES string of the molecule is CC(C)Cc1cnc(-c2ccc(C(=O)O)cc2)[nH]1. The third kappa shape index (κ3) is 2.77. The topological polar surface area (TPSA) is 66.0 Å². The second kappa shape index (κ2) is 5.04. The number of hydrogen-bond acceptors (Lipinski definition) is 2. The number of aromatic nitrogens is 2. The molecule has 0 saturated heterocycles. The van der Waals surface area contributed by atoms with Gasteiger partial charge in [-0.15, -0.1) is 0 Å². The minimum atomic E-state index is -0.915. The Bertz CT molecular complexity index is 541. The fraction of sp³-hybridized carbons (Fsp3) is 0.286. The number of carboxylic acid groups (broad SMARTS) is 1. The molecule has 18 heavy (non-hydrogen) atoms. The number of benzene rings is 1. The first-order chi connectivity index (χ1) is 8.56. The number of carbonyl (C=O) groups is 1. The first-order valence-corrected chi connectivity index (χ1v) is 5.94. The van der Waals surface area contributed by atoms with Crippen LogP contribution in [0.15, 0.2) is 30.5 Å². The van der Waals surface area contributed by atoms with Gasteiger partial charge in [0.15, 0.2) is 0 Å². The van der Waals surface area contributed by atoms with Gasteiger partial charge in [0, 0.05) is 17.5 Å². The second-order valence-corrected chi connectivity index (χ2v) is 4.74. The lowest BCUT2D eigenvalue weighted by Gasteiger charge is -2.01. The summed E-state index contributed by atoms with van der Waals surface area (Å²) in [5.74, 6) is 0.441. The number of nitrogens with one attached hydrogen (secondary N) is 1. The summed E-state index contributed by atoms with van der Waals surface area (Å²) >= 11 is 0. The van der Waals surface area contributed by atoms with Crippen molar-refractivity contribution in [2.45, 2.75) is 20.3 Å². The number of H-pyrrole nitrogens is 1. The van der Waals surface area contributed by atoms with Crippen molar-refractivity contribution in [3.63, 3.8) is 0 Å². The highest BCUT2D eigenvalue weighted by atomic mass is 16.4. The van der Waals surface area contributed by atoms with Crippen molar-refractivity contribution in [3.05, 3.63) is 41.7 Å². The second-order valence-electron chi connectivity index (χ2n) is 4.74. The number of hydrogen-bond donors (Lipinski definition) is 2. The van der Waals surface area contributed by atoms with Gasteiger partial charge in [-0.3, -0.25) is 0 Å². The molecule has 4 heteroatoms. The fourth-order valence-electron chi connectivity index (χ4n) is 1.82. The first-order valence-electron chi connectivity index (χ1n) is 5.94. The maximum absolute atomic E-state index is 10.8. The van der Waals surface area contributed by atoms with Gasteiger partial charge < -0.3 is 10.1 Å². The zero-order valence-electron chi connectivity index (χ0n) is 10.5. The molecule has 0 aliphatic rings. The van der Waals surface area contributed by atoms with E-state index in [1.54, 1.807) is 24.3 Å². The van der Waals surface area contributed by atoms with Gasteiger partial charge in [-0.05, 0) is 24.5 Å². The molecule has 0 spiro atoms. The van der Waals surface area contributed by atoms with Crippen molar-refractivity contribution < 1.29 is 9.90 Å². The van der Waals surface area contributed by atoms with Crippen molar-refractivity contribution in [1.29, 1.82) is 0 Å². The largest absolute Gasteiger partial charge is 0.478 e. The third-order valence-corrected chi connectivity index (χ3v) is 2.66. The van der Waals surface area contributed by atoms with Crippen LogP contribution in [0.2, 0.25) is 0 Å². The van der Waals surface area contributed by atoms with E-state index in [2.05, 4.69) is 23.8 Å². The normalized spacial score (nSPS) is 10.8. The summed E-state index contributed by atoms with van der Waals surface area (Å²) in [6.45, 7) is 4.31. The van der Waals surface area contributed by atoms with Crippen LogP contribution in [-0.2, 0) is 6.42 Å². The monoisotopic (exact) mass is 244 g/mol. The average Bonchev–Trinajstić information content (AvgIpc) is 2.76. The van der Waals surface area contributed by atoms with E-state index in [0.29, 0.717) is 5.92 Å². The molecule has 0 amide bonds. The summed E-state index contributed by atoms with van der Waals surface area (Å²) in [6.07, 6.45) is 2.79. The van der Waals surface area contributed by atoms with Crippen LogP contribution < -0.4 is 0 Å². The van der Waals surface area contributed by atoms with Crippen LogP contribution in [0.5, 0.6) is 0 Å². The van der Waals surface area contributed by atoms with Gasteiger partial charge in [0.05, 0.1) is 5.56 Å². The molecule has 0 aliphatic heterocycles. The number of rotatable bonds is 4. The first kappa shape index (κ1) is 12.4. The molecular weight excluding hydrogens is 228 g/mol. The minimum absolute atomic E-state index is 0.285. The maximum Gasteiger partial charge on any atom is 0.335 e. The molecule has 4 nitrogen and oxygen atoms in total. The van der Waals surface area contributed by atoms with Crippen molar-refractivity contribution in [2.75, 3.05) is 0 Å². The van der Waals surface area contributed by atoms with Gasteiger partial charge >= 0.3 is 5.97 Å². The van der Waals surface area contributed by atoms with Gasteiger partial charge in [-0.1, -0.05) is 26.0 Å². The molecule has 0 unspecified atom stereocenters. The Morgan fingerprint density at radius 1 is 1.33 bits per heavy atom. The highest BCUT2D eigenvalue weighted by Crippen LogP contribution is 2.17. The highest BCUT2D eigenvalue weighted by molar-refractivity contribution is 5.88. The summed E-state index contributed by atoms with van der Waals surface area (Å²) in [6, 6.07) is 6.70. The number of carboxylic acids is 1. The summed E-state index contributed by atoms with van der Waals surface area (Å²) in [7, 11) is 0. The molecular formula is C14H16N2O2. The summed E-state index contributed by atoms with van der Waals surface area (Å²) in [4.78, 5) is 18.3. The fourth-order valence-corrected chi connectivity index (χ4v) is 1.82. The quantitative estimate of drug-likeness (QED) is 0.868. The van der Waals surface area contributed by atoms with Crippen LogP contribution in [0.1, 0.15) is 29.9 Å². The lowest BCUT2D eigenvalue weighted by Crippen LogP contribution is -1.95. The van der Waals surface area contributed by atoms with Gasteiger partial charge in [0.25, 0.3) is 0 Å². The molecule has 1 aromatic carbocycles. The van der Waals surface area contributed by atoms with Crippen LogP contribution in [0.25, 0.3) is 11.4 Å². The average molecular weight is 244 g/mol. The van der Waals surface area contributed by atoms with Gasteiger partial charge in [-0.2, -0.15) is 0 Å². The summed E-state index contributed by atoms with van der Waals surface area (Å²) < 4.78 is 0. The van der Waals surface area contributed by atoms with Gasteiger partial charge in [0.2, 0.25) is 0 Å². The summed E-state index contributed by atoms with van der Waals surface area (Å²) in [5.41, 5.74) is 2.28. The van der Waals surface area contributed by atoms with E-state index in [9.17, 15) is 4.79 Å². The molecule has 0 bridgehead atoms. The molecule has 0 aliphatic carbocycles.